The molecule has 2 unspecified atom stereocenters. The Hall–Kier alpha value is -4.53. The van der Waals surface area contributed by atoms with Crippen LogP contribution >= 0.6 is 0 Å². The molecule has 0 aliphatic rings. The highest BCUT2D eigenvalue weighted by atomic mass is 16.6. The summed E-state index contributed by atoms with van der Waals surface area (Å²) in [5.41, 5.74) is 2.49. The fraction of sp³-hybridized carbons (Fsp3) is 0.432. The lowest BCUT2D eigenvalue weighted by molar-refractivity contribution is -0.140. The van der Waals surface area contributed by atoms with Crippen molar-refractivity contribution < 1.29 is 29.3 Å². The van der Waals surface area contributed by atoms with Gasteiger partial charge in [-0.3, -0.25) is 9.59 Å². The van der Waals surface area contributed by atoms with Crippen LogP contribution in [0.1, 0.15) is 88.1 Å². The zero-order valence-electron chi connectivity index (χ0n) is 27.9. The Morgan fingerprint density at radius 1 is 0.870 bits per heavy atom. The van der Waals surface area contributed by atoms with Gasteiger partial charge in [-0.1, -0.05) is 69.0 Å². The highest BCUT2D eigenvalue weighted by Crippen LogP contribution is 2.30. The van der Waals surface area contributed by atoms with Crippen LogP contribution in [-0.2, 0) is 20.7 Å². The maximum absolute atomic E-state index is 14.7. The molecule has 0 fully saturated rings. The topological polar surface area (TPSA) is 128 Å². The third kappa shape index (κ3) is 10.8. The van der Waals surface area contributed by atoms with Gasteiger partial charge in [0.1, 0.15) is 29.2 Å². The molecule has 4 N–H and O–H groups in total. The van der Waals surface area contributed by atoms with Crippen LogP contribution in [-0.4, -0.2) is 51.2 Å². The van der Waals surface area contributed by atoms with Crippen molar-refractivity contribution in [2.45, 2.75) is 97.8 Å². The van der Waals surface area contributed by atoms with Gasteiger partial charge in [-0.25, -0.2) is 4.79 Å². The molecule has 0 aliphatic heterocycles. The highest BCUT2D eigenvalue weighted by molar-refractivity contribution is 5.99. The third-order valence-electron chi connectivity index (χ3n) is 7.65. The van der Waals surface area contributed by atoms with Gasteiger partial charge >= 0.3 is 6.09 Å². The molecular weight excluding hydrogens is 582 g/mol. The number of para-hydroxylation sites is 1. The van der Waals surface area contributed by atoms with E-state index >= 15 is 0 Å². The van der Waals surface area contributed by atoms with Gasteiger partial charge in [0.05, 0.1) is 0 Å². The van der Waals surface area contributed by atoms with Crippen LogP contribution in [0.15, 0.2) is 66.7 Å². The average molecular weight is 632 g/mol. The molecule has 0 saturated heterocycles. The van der Waals surface area contributed by atoms with E-state index in [2.05, 4.69) is 17.6 Å². The summed E-state index contributed by atoms with van der Waals surface area (Å²) in [6.07, 6.45) is 3.97. The minimum atomic E-state index is -1.08. The smallest absolute Gasteiger partial charge is 0.408 e. The Bertz CT molecular complexity index is 1460. The summed E-state index contributed by atoms with van der Waals surface area (Å²) in [5, 5.41) is 25.9. The van der Waals surface area contributed by atoms with Crippen molar-refractivity contribution >= 4 is 23.6 Å². The van der Waals surface area contributed by atoms with Gasteiger partial charge in [0.15, 0.2) is 0 Å². The maximum atomic E-state index is 14.7. The van der Waals surface area contributed by atoms with Gasteiger partial charge in [0.25, 0.3) is 5.91 Å². The zero-order chi connectivity index (χ0) is 33.9. The van der Waals surface area contributed by atoms with Gasteiger partial charge in [-0.15, -0.1) is 0 Å². The molecule has 0 radical (unpaired) electrons. The number of ether oxygens (including phenoxy) is 1. The maximum Gasteiger partial charge on any atom is 0.408 e. The molecular formula is C37H49N3O6. The van der Waals surface area contributed by atoms with Gasteiger partial charge in [0, 0.05) is 18.7 Å². The number of carbonyl (C=O) groups is 3. The third-order valence-corrected chi connectivity index (χ3v) is 7.65. The normalized spacial score (nSPS) is 12.6. The number of hydrogen-bond donors (Lipinski definition) is 4. The number of unbranched alkanes of at least 4 members (excludes halogenated alkanes) is 4. The lowest BCUT2D eigenvalue weighted by atomic mass is 9.98. The van der Waals surface area contributed by atoms with Crippen molar-refractivity contribution in [1.82, 2.24) is 10.2 Å². The molecule has 0 bridgehead atoms. The summed E-state index contributed by atoms with van der Waals surface area (Å²) in [6, 6.07) is 16.6. The molecule has 0 heterocycles. The molecule has 3 aromatic rings. The van der Waals surface area contributed by atoms with E-state index in [1.54, 1.807) is 58.0 Å². The van der Waals surface area contributed by atoms with Gasteiger partial charge in [0.2, 0.25) is 5.91 Å². The van der Waals surface area contributed by atoms with Crippen molar-refractivity contribution in [2.75, 3.05) is 11.9 Å². The van der Waals surface area contributed by atoms with Crippen LogP contribution in [0.2, 0.25) is 0 Å². The second-order valence-electron chi connectivity index (χ2n) is 12.8. The minimum absolute atomic E-state index is 0.0797. The number of phenols is 2. The molecule has 9 nitrogen and oxygen atoms in total. The molecule has 3 amide bonds. The molecule has 0 aromatic heterocycles. The fourth-order valence-electron chi connectivity index (χ4n) is 5.21. The van der Waals surface area contributed by atoms with Crippen molar-refractivity contribution in [3.63, 3.8) is 0 Å². The first-order valence-corrected chi connectivity index (χ1v) is 16.0. The predicted octanol–water partition coefficient (Wildman–Crippen LogP) is 7.33. The van der Waals surface area contributed by atoms with E-state index in [-0.39, 0.29) is 24.5 Å². The van der Waals surface area contributed by atoms with Crippen molar-refractivity contribution in [3.8, 4) is 11.5 Å². The van der Waals surface area contributed by atoms with E-state index in [4.69, 9.17) is 4.74 Å². The minimum Gasteiger partial charge on any atom is -0.508 e. The SMILES string of the molecule is CCCCCCCN(C(=O)C(Cc1ccc(O)cc1)NC(=O)OC(C)(C)C)C(C(=O)Nc1ccccc1C)c1ccc(O)c(C)c1. The van der Waals surface area contributed by atoms with Gasteiger partial charge in [-0.2, -0.15) is 0 Å². The molecule has 0 aliphatic carbocycles. The lowest BCUT2D eigenvalue weighted by Gasteiger charge is -2.35. The van der Waals surface area contributed by atoms with E-state index in [0.29, 0.717) is 28.8 Å². The number of carbonyl (C=O) groups excluding carboxylic acids is 3. The van der Waals surface area contributed by atoms with Crippen LogP contribution < -0.4 is 10.6 Å². The summed E-state index contributed by atoms with van der Waals surface area (Å²) in [6.45, 7) is 11.2. The number of aryl methyl sites for hydroxylation is 2. The summed E-state index contributed by atoms with van der Waals surface area (Å²) >= 11 is 0. The Labute approximate surface area is 273 Å². The number of nitrogens with one attached hydrogen (secondary N) is 2. The fourth-order valence-corrected chi connectivity index (χ4v) is 5.21. The average Bonchev–Trinajstić information content (AvgIpc) is 2.98. The van der Waals surface area contributed by atoms with E-state index < -0.39 is 35.6 Å². The number of amides is 3. The summed E-state index contributed by atoms with van der Waals surface area (Å²) in [4.78, 5) is 43.6. The first-order valence-electron chi connectivity index (χ1n) is 16.0. The Morgan fingerprint density at radius 3 is 2.17 bits per heavy atom. The number of benzene rings is 3. The predicted molar refractivity (Wildman–Crippen MR) is 181 cm³/mol. The van der Waals surface area contributed by atoms with E-state index in [0.717, 1.165) is 31.2 Å². The Morgan fingerprint density at radius 2 is 1.54 bits per heavy atom. The molecule has 3 aromatic carbocycles. The monoisotopic (exact) mass is 631 g/mol. The Balaban J connectivity index is 2.10. The van der Waals surface area contributed by atoms with Crippen LogP contribution in [0, 0.1) is 13.8 Å². The number of aromatic hydroxyl groups is 2. The van der Waals surface area contributed by atoms with Crippen molar-refractivity contribution in [1.29, 1.82) is 0 Å². The lowest BCUT2D eigenvalue weighted by Crippen LogP contribution is -2.53. The number of phenolic OH excluding ortho intramolecular Hbond substituents is 2. The second kappa shape index (κ2) is 16.7. The van der Waals surface area contributed by atoms with E-state index in [1.807, 2.05) is 25.1 Å². The quantitative estimate of drug-likeness (QED) is 0.138. The Kier molecular flexibility index (Phi) is 13.0. The second-order valence-corrected chi connectivity index (χ2v) is 12.8. The molecule has 3 rings (SSSR count). The first kappa shape index (κ1) is 35.9. The molecule has 46 heavy (non-hydrogen) atoms. The molecule has 2 atom stereocenters. The number of anilines is 1. The number of rotatable bonds is 14. The first-order chi connectivity index (χ1) is 21.8. The largest absolute Gasteiger partial charge is 0.508 e. The van der Waals surface area contributed by atoms with Gasteiger partial charge < -0.3 is 30.5 Å². The molecule has 9 heteroatoms. The number of hydrogen-bond acceptors (Lipinski definition) is 6. The van der Waals surface area contributed by atoms with Gasteiger partial charge in [-0.05, 0) is 93.6 Å². The van der Waals surface area contributed by atoms with Crippen molar-refractivity contribution in [2.24, 2.45) is 0 Å². The number of nitrogens with zero attached hydrogens (tertiary/aromatic N) is 1. The number of alkyl carbamates (subject to hydrolysis) is 1. The summed E-state index contributed by atoms with van der Waals surface area (Å²) in [7, 11) is 0. The van der Waals surface area contributed by atoms with Crippen LogP contribution in [0.4, 0.5) is 10.5 Å². The zero-order valence-corrected chi connectivity index (χ0v) is 27.9. The molecule has 0 saturated carbocycles. The van der Waals surface area contributed by atoms with Crippen LogP contribution in [0.25, 0.3) is 0 Å². The van der Waals surface area contributed by atoms with Crippen molar-refractivity contribution in [3.05, 3.63) is 89.0 Å². The van der Waals surface area contributed by atoms with Crippen LogP contribution in [0.3, 0.4) is 0 Å². The highest BCUT2D eigenvalue weighted by Gasteiger charge is 2.36. The van der Waals surface area contributed by atoms with Crippen LogP contribution in [0.5, 0.6) is 11.5 Å². The molecule has 0 spiro atoms. The van der Waals surface area contributed by atoms with E-state index in [1.165, 1.54) is 23.1 Å². The standard InChI is InChI=1S/C37H49N3O6/c1-7-8-9-10-13-22-40(35(44)31(39-36(45)46-37(4,5)6)24-27-16-19-29(41)20-17-27)33(28-18-21-32(42)26(3)23-28)34(43)38-30-15-12-11-14-25(30)2/h11-12,14-21,23,31,33,41-42H,7-10,13,22,24H2,1-6H3,(H,38,43)(H,39,45). The summed E-state index contributed by atoms with van der Waals surface area (Å²) < 4.78 is 5.53. The molecule has 248 valence electrons. The summed E-state index contributed by atoms with van der Waals surface area (Å²) in [5.74, 6) is -0.709. The van der Waals surface area contributed by atoms with E-state index in [9.17, 15) is 24.6 Å².